The number of aryl methyl sites for hydroxylation is 1. The van der Waals surface area contributed by atoms with Crippen molar-refractivity contribution in [3.8, 4) is 17.5 Å². The predicted octanol–water partition coefficient (Wildman–Crippen LogP) is 3.32. The van der Waals surface area contributed by atoms with Crippen LogP contribution in [0, 0.1) is 18.3 Å². The minimum absolute atomic E-state index is 0.106. The fraction of sp³-hybridized carbons (Fsp3) is 0.217. The fourth-order valence-corrected chi connectivity index (χ4v) is 2.97. The Morgan fingerprint density at radius 3 is 2.52 bits per heavy atom. The second kappa shape index (κ2) is 9.59. The van der Waals surface area contributed by atoms with Crippen LogP contribution in [0.5, 0.6) is 0 Å². The molecule has 0 bridgehead atoms. The first-order valence-corrected chi connectivity index (χ1v) is 9.56. The number of carbonyl (C=O) groups is 2. The minimum atomic E-state index is -0.559. The van der Waals surface area contributed by atoms with Gasteiger partial charge in [-0.25, -0.2) is 14.6 Å². The quantitative estimate of drug-likeness (QED) is 0.541. The van der Waals surface area contributed by atoms with Crippen molar-refractivity contribution in [3.63, 3.8) is 0 Å². The van der Waals surface area contributed by atoms with Gasteiger partial charge < -0.3 is 14.3 Å². The molecule has 0 unspecified atom stereocenters. The maximum absolute atomic E-state index is 12.6. The van der Waals surface area contributed by atoms with Crippen LogP contribution in [0.1, 0.15) is 44.6 Å². The molecule has 8 heteroatoms. The van der Waals surface area contributed by atoms with Gasteiger partial charge in [-0.15, -0.1) is 0 Å². The Hall–Kier alpha value is -4.12. The highest BCUT2D eigenvalue weighted by molar-refractivity contribution is 5.90. The summed E-state index contributed by atoms with van der Waals surface area (Å²) in [6.07, 6.45) is 0. The molecule has 0 aliphatic carbocycles. The monoisotopic (exact) mass is 419 g/mol. The van der Waals surface area contributed by atoms with Crippen LogP contribution in [-0.2, 0) is 16.1 Å². The molecule has 0 radical (unpaired) electrons. The number of nitriles is 1. The van der Waals surface area contributed by atoms with E-state index in [0.29, 0.717) is 28.2 Å². The first kappa shape index (κ1) is 21.6. The van der Waals surface area contributed by atoms with E-state index in [0.717, 1.165) is 5.56 Å². The van der Waals surface area contributed by atoms with E-state index in [1.807, 2.05) is 0 Å². The molecule has 8 nitrogen and oxygen atoms in total. The summed E-state index contributed by atoms with van der Waals surface area (Å²) in [5, 5.41) is 9.21. The molecular formula is C23H21N3O5. The van der Waals surface area contributed by atoms with Gasteiger partial charge in [0.25, 0.3) is 0 Å². The number of aromatic nitrogens is 2. The smallest absolute Gasteiger partial charge is 0.360 e. The topological polar surface area (TPSA) is 103 Å². The lowest BCUT2D eigenvalue weighted by Crippen LogP contribution is -2.20. The van der Waals surface area contributed by atoms with Gasteiger partial charge in [0, 0.05) is 5.56 Å². The molecule has 31 heavy (non-hydrogen) atoms. The molecule has 0 N–H and O–H groups in total. The van der Waals surface area contributed by atoms with Crippen LogP contribution in [0.2, 0.25) is 0 Å². The molecule has 0 saturated heterocycles. The summed E-state index contributed by atoms with van der Waals surface area (Å²) in [7, 11) is 1.32. The zero-order valence-electron chi connectivity index (χ0n) is 17.4. The van der Waals surface area contributed by atoms with E-state index in [2.05, 4.69) is 11.1 Å². The Bertz CT molecular complexity index is 1140. The molecule has 0 saturated carbocycles. The van der Waals surface area contributed by atoms with Crippen molar-refractivity contribution < 1.29 is 23.9 Å². The molecular weight excluding hydrogens is 398 g/mol. The van der Waals surface area contributed by atoms with Crippen LogP contribution >= 0.6 is 0 Å². The standard InChI is InChI=1S/C23H21N3O5/c1-4-30-23(28)20-15(2)25-21(19-7-5-6-17(12-19)13-24)26(20)31-14-16-8-10-18(11-9-16)22(27)29-3/h5-12H,4,14H2,1-3H3. The molecule has 0 fully saturated rings. The number of esters is 2. The summed E-state index contributed by atoms with van der Waals surface area (Å²) >= 11 is 0. The van der Waals surface area contributed by atoms with Crippen molar-refractivity contribution in [1.82, 2.24) is 9.71 Å². The number of benzene rings is 2. The first-order valence-electron chi connectivity index (χ1n) is 9.56. The average Bonchev–Trinajstić information content (AvgIpc) is 3.13. The van der Waals surface area contributed by atoms with Gasteiger partial charge in [0.2, 0.25) is 0 Å². The van der Waals surface area contributed by atoms with Crippen LogP contribution in [0.4, 0.5) is 0 Å². The fourth-order valence-electron chi connectivity index (χ4n) is 2.97. The molecule has 0 spiro atoms. The summed E-state index contributed by atoms with van der Waals surface area (Å²) in [5.74, 6) is -0.609. The molecule has 0 aliphatic heterocycles. The largest absolute Gasteiger partial charge is 0.465 e. The predicted molar refractivity (Wildman–Crippen MR) is 111 cm³/mol. The second-order valence-corrected chi connectivity index (χ2v) is 6.54. The molecule has 2 aromatic carbocycles. The number of rotatable bonds is 7. The number of nitrogens with zero attached hydrogens (tertiary/aromatic N) is 3. The lowest BCUT2D eigenvalue weighted by atomic mass is 10.1. The van der Waals surface area contributed by atoms with Gasteiger partial charge in [-0.1, -0.05) is 24.3 Å². The first-order chi connectivity index (χ1) is 15.0. The lowest BCUT2D eigenvalue weighted by molar-refractivity contribution is 0.0425. The van der Waals surface area contributed by atoms with E-state index in [1.54, 1.807) is 62.4 Å². The van der Waals surface area contributed by atoms with E-state index in [4.69, 9.17) is 14.3 Å². The second-order valence-electron chi connectivity index (χ2n) is 6.54. The van der Waals surface area contributed by atoms with Gasteiger partial charge in [-0.2, -0.15) is 9.99 Å². The van der Waals surface area contributed by atoms with Crippen LogP contribution in [-0.4, -0.2) is 35.4 Å². The van der Waals surface area contributed by atoms with E-state index in [-0.39, 0.29) is 18.9 Å². The molecule has 158 valence electrons. The van der Waals surface area contributed by atoms with Gasteiger partial charge in [0.05, 0.1) is 36.6 Å². The maximum atomic E-state index is 12.6. The molecule has 0 amide bonds. The summed E-state index contributed by atoms with van der Waals surface area (Å²) in [4.78, 5) is 34.6. The Morgan fingerprint density at radius 2 is 1.87 bits per heavy atom. The molecule has 3 aromatic rings. The maximum Gasteiger partial charge on any atom is 0.360 e. The highest BCUT2D eigenvalue weighted by Gasteiger charge is 2.24. The number of hydrogen-bond acceptors (Lipinski definition) is 7. The Labute approximate surface area is 179 Å². The van der Waals surface area contributed by atoms with E-state index in [9.17, 15) is 14.9 Å². The van der Waals surface area contributed by atoms with Crippen molar-refractivity contribution in [2.75, 3.05) is 13.7 Å². The van der Waals surface area contributed by atoms with Gasteiger partial charge in [-0.3, -0.25) is 0 Å². The van der Waals surface area contributed by atoms with Crippen LogP contribution in [0.15, 0.2) is 48.5 Å². The van der Waals surface area contributed by atoms with Crippen molar-refractivity contribution >= 4 is 11.9 Å². The Kier molecular flexibility index (Phi) is 6.67. The van der Waals surface area contributed by atoms with Crippen molar-refractivity contribution in [2.45, 2.75) is 20.5 Å². The van der Waals surface area contributed by atoms with Crippen molar-refractivity contribution in [3.05, 3.63) is 76.6 Å². The Balaban J connectivity index is 1.97. The van der Waals surface area contributed by atoms with Gasteiger partial charge in [0.1, 0.15) is 6.61 Å². The normalized spacial score (nSPS) is 10.3. The van der Waals surface area contributed by atoms with Crippen molar-refractivity contribution in [1.29, 1.82) is 5.26 Å². The molecule has 1 heterocycles. The minimum Gasteiger partial charge on any atom is -0.465 e. The highest BCUT2D eigenvalue weighted by Crippen LogP contribution is 2.23. The average molecular weight is 419 g/mol. The van der Waals surface area contributed by atoms with Crippen LogP contribution in [0.3, 0.4) is 0 Å². The molecule has 0 atom stereocenters. The summed E-state index contributed by atoms with van der Waals surface area (Å²) in [5.41, 5.74) is 2.89. The van der Waals surface area contributed by atoms with Gasteiger partial charge >= 0.3 is 11.9 Å². The summed E-state index contributed by atoms with van der Waals surface area (Å²) in [6, 6.07) is 15.7. The molecule has 3 rings (SSSR count). The zero-order chi connectivity index (χ0) is 22.4. The van der Waals surface area contributed by atoms with Gasteiger partial charge in [-0.05, 0) is 43.7 Å². The summed E-state index contributed by atoms with van der Waals surface area (Å²) < 4.78 is 11.2. The highest BCUT2D eigenvalue weighted by atomic mass is 16.7. The van der Waals surface area contributed by atoms with Gasteiger partial charge in [0.15, 0.2) is 11.5 Å². The van der Waals surface area contributed by atoms with Crippen LogP contribution < -0.4 is 4.84 Å². The Morgan fingerprint density at radius 1 is 1.13 bits per heavy atom. The number of imidazole rings is 1. The van der Waals surface area contributed by atoms with E-state index < -0.39 is 11.9 Å². The van der Waals surface area contributed by atoms with Crippen molar-refractivity contribution in [2.24, 2.45) is 0 Å². The number of ether oxygens (including phenoxy) is 2. The molecule has 0 aliphatic rings. The van der Waals surface area contributed by atoms with E-state index in [1.165, 1.54) is 11.8 Å². The zero-order valence-corrected chi connectivity index (χ0v) is 17.4. The van der Waals surface area contributed by atoms with Crippen LogP contribution in [0.25, 0.3) is 11.4 Å². The lowest BCUT2D eigenvalue weighted by Gasteiger charge is -2.13. The summed E-state index contributed by atoms with van der Waals surface area (Å²) in [6.45, 7) is 3.72. The number of methoxy groups -OCH3 is 1. The van der Waals surface area contributed by atoms with E-state index >= 15 is 0 Å². The third-order valence-corrected chi connectivity index (χ3v) is 4.47. The molecule has 1 aromatic heterocycles. The third-order valence-electron chi connectivity index (χ3n) is 4.47. The SMILES string of the molecule is CCOC(=O)c1c(C)nc(-c2cccc(C#N)c2)n1OCc1ccc(C(=O)OC)cc1. The number of carbonyl (C=O) groups excluding carboxylic acids is 2. The third kappa shape index (κ3) is 4.73. The number of hydrogen-bond donors (Lipinski definition) is 0.